The normalized spacial score (nSPS) is 14.7. The molecule has 0 unspecified atom stereocenters. The fourth-order valence-electron chi connectivity index (χ4n) is 2.41. The number of amides is 1. The zero-order valence-corrected chi connectivity index (χ0v) is 11.9. The van der Waals surface area contributed by atoms with E-state index in [1.54, 1.807) is 12.1 Å². The highest BCUT2D eigenvalue weighted by molar-refractivity contribution is 6.05. The largest absolute Gasteiger partial charge is 0.417 e. The molecule has 7 heteroatoms. The number of rotatable bonds is 2. The topological polar surface area (TPSA) is 45.6 Å². The highest BCUT2D eigenvalue weighted by atomic mass is 19.4. The molecule has 0 N–H and O–H groups in total. The molecule has 1 aromatic carbocycles. The fraction of sp³-hybridized carbons (Fsp3) is 0.188. The monoisotopic (exact) mass is 319 g/mol. The highest BCUT2D eigenvalue weighted by Crippen LogP contribution is 2.33. The molecule has 0 radical (unpaired) electrons. The molecule has 2 heterocycles. The molecule has 2 aromatic rings. The van der Waals surface area contributed by atoms with Gasteiger partial charge in [-0.15, -0.1) is 0 Å². The molecular formula is C16H12F3N3O. The molecule has 0 bridgehead atoms. The van der Waals surface area contributed by atoms with Crippen molar-refractivity contribution in [1.29, 1.82) is 0 Å². The first-order valence-electron chi connectivity index (χ1n) is 6.93. The minimum absolute atomic E-state index is 0.0153. The van der Waals surface area contributed by atoms with E-state index < -0.39 is 11.7 Å². The maximum Gasteiger partial charge on any atom is 0.417 e. The number of carbonyl (C=O) groups is 1. The summed E-state index contributed by atoms with van der Waals surface area (Å²) in [6.45, 7) is 0.245. The molecule has 1 aliphatic rings. The van der Waals surface area contributed by atoms with E-state index in [1.165, 1.54) is 35.6 Å². The van der Waals surface area contributed by atoms with Gasteiger partial charge in [0.05, 0.1) is 23.4 Å². The Morgan fingerprint density at radius 3 is 2.61 bits per heavy atom. The van der Waals surface area contributed by atoms with Crippen LogP contribution < -0.4 is 0 Å². The van der Waals surface area contributed by atoms with Gasteiger partial charge in [-0.05, 0) is 18.2 Å². The summed E-state index contributed by atoms with van der Waals surface area (Å²) in [4.78, 5) is 16.1. The first kappa shape index (κ1) is 15.2. The fourth-order valence-corrected chi connectivity index (χ4v) is 2.41. The van der Waals surface area contributed by atoms with E-state index in [0.717, 1.165) is 6.07 Å². The number of aromatic nitrogens is 1. The van der Waals surface area contributed by atoms with Gasteiger partial charge in [0, 0.05) is 24.4 Å². The van der Waals surface area contributed by atoms with E-state index in [0.29, 0.717) is 5.56 Å². The van der Waals surface area contributed by atoms with Gasteiger partial charge >= 0.3 is 6.18 Å². The second-order valence-corrected chi connectivity index (χ2v) is 5.01. The van der Waals surface area contributed by atoms with Crippen molar-refractivity contribution < 1.29 is 18.0 Å². The molecule has 1 aliphatic heterocycles. The third kappa shape index (κ3) is 3.08. The molecule has 0 aliphatic carbocycles. The van der Waals surface area contributed by atoms with Gasteiger partial charge in [-0.3, -0.25) is 9.78 Å². The molecular weight excluding hydrogens is 307 g/mol. The zero-order chi connectivity index (χ0) is 16.4. The number of pyridine rings is 1. The van der Waals surface area contributed by atoms with Gasteiger partial charge in [0.1, 0.15) is 0 Å². The van der Waals surface area contributed by atoms with Crippen molar-refractivity contribution in [2.45, 2.75) is 12.6 Å². The van der Waals surface area contributed by atoms with Crippen LogP contribution >= 0.6 is 0 Å². The number of hydrogen-bond donors (Lipinski definition) is 0. The molecule has 23 heavy (non-hydrogen) atoms. The molecule has 0 saturated heterocycles. The van der Waals surface area contributed by atoms with Crippen LogP contribution in [0.15, 0.2) is 53.9 Å². The third-order valence-electron chi connectivity index (χ3n) is 3.49. The van der Waals surface area contributed by atoms with Gasteiger partial charge in [-0.25, -0.2) is 5.01 Å². The first-order valence-corrected chi connectivity index (χ1v) is 6.93. The van der Waals surface area contributed by atoms with Crippen LogP contribution in [0.4, 0.5) is 13.2 Å². The Hall–Kier alpha value is -2.70. The lowest BCUT2D eigenvalue weighted by molar-refractivity contribution is -0.137. The SMILES string of the molecule is O=C(c1cccnc1)N1CCC(c2ccccc2C(F)(F)F)=N1. The van der Waals surface area contributed by atoms with E-state index >= 15 is 0 Å². The van der Waals surface area contributed by atoms with Crippen molar-refractivity contribution in [1.82, 2.24) is 9.99 Å². The van der Waals surface area contributed by atoms with E-state index in [9.17, 15) is 18.0 Å². The Balaban J connectivity index is 1.91. The summed E-state index contributed by atoms with van der Waals surface area (Å²) in [6, 6.07) is 8.46. The van der Waals surface area contributed by atoms with Gasteiger partial charge in [0.25, 0.3) is 5.91 Å². The van der Waals surface area contributed by atoms with Crippen LogP contribution in [0.2, 0.25) is 0 Å². The van der Waals surface area contributed by atoms with Crippen molar-refractivity contribution >= 4 is 11.6 Å². The van der Waals surface area contributed by atoms with Crippen LogP contribution in [0.5, 0.6) is 0 Å². The lowest BCUT2D eigenvalue weighted by Gasteiger charge is -2.12. The quantitative estimate of drug-likeness (QED) is 0.852. The molecule has 4 nitrogen and oxygen atoms in total. The van der Waals surface area contributed by atoms with Crippen LogP contribution in [-0.2, 0) is 6.18 Å². The summed E-state index contributed by atoms with van der Waals surface area (Å²) in [5, 5.41) is 5.26. The van der Waals surface area contributed by atoms with Crippen LogP contribution in [0.1, 0.15) is 27.9 Å². The summed E-state index contributed by atoms with van der Waals surface area (Å²) in [5.74, 6) is -0.377. The molecule has 118 valence electrons. The second-order valence-electron chi connectivity index (χ2n) is 5.01. The number of benzene rings is 1. The number of hydrogen-bond acceptors (Lipinski definition) is 3. The van der Waals surface area contributed by atoms with E-state index in [-0.39, 0.29) is 30.1 Å². The lowest BCUT2D eigenvalue weighted by Crippen LogP contribution is -2.23. The summed E-state index contributed by atoms with van der Waals surface area (Å²) in [7, 11) is 0. The van der Waals surface area contributed by atoms with Crippen LogP contribution in [-0.4, -0.2) is 28.2 Å². The predicted octanol–water partition coefficient (Wildman–Crippen LogP) is 3.35. The number of hydrazone groups is 1. The Morgan fingerprint density at radius 1 is 1.13 bits per heavy atom. The zero-order valence-electron chi connectivity index (χ0n) is 11.9. The average molecular weight is 319 g/mol. The van der Waals surface area contributed by atoms with Crippen LogP contribution in [0.25, 0.3) is 0 Å². The molecule has 0 atom stereocenters. The first-order chi connectivity index (χ1) is 11.0. The smallest absolute Gasteiger partial charge is 0.267 e. The molecule has 0 spiro atoms. The summed E-state index contributed by atoms with van der Waals surface area (Å²) < 4.78 is 39.2. The number of halogens is 3. The highest BCUT2D eigenvalue weighted by Gasteiger charge is 2.35. The molecule has 1 amide bonds. The predicted molar refractivity (Wildman–Crippen MR) is 77.9 cm³/mol. The van der Waals surface area contributed by atoms with E-state index in [2.05, 4.69) is 10.1 Å². The van der Waals surface area contributed by atoms with Crippen LogP contribution in [0, 0.1) is 0 Å². The van der Waals surface area contributed by atoms with Gasteiger partial charge in [0.15, 0.2) is 0 Å². The molecule has 3 rings (SSSR count). The molecule has 0 fully saturated rings. The summed E-state index contributed by atoms with van der Waals surface area (Å²) >= 11 is 0. The van der Waals surface area contributed by atoms with Crippen molar-refractivity contribution in [2.75, 3.05) is 6.54 Å². The Labute approximate surface area is 130 Å². The van der Waals surface area contributed by atoms with Gasteiger partial charge in [-0.1, -0.05) is 18.2 Å². The maximum absolute atomic E-state index is 13.1. The number of alkyl halides is 3. The van der Waals surface area contributed by atoms with Gasteiger partial charge in [-0.2, -0.15) is 18.3 Å². The molecule has 1 aromatic heterocycles. The maximum atomic E-state index is 13.1. The minimum Gasteiger partial charge on any atom is -0.267 e. The summed E-state index contributed by atoms with van der Waals surface area (Å²) in [6.07, 6.45) is -1.24. The van der Waals surface area contributed by atoms with Gasteiger partial charge < -0.3 is 0 Å². The Morgan fingerprint density at radius 2 is 1.91 bits per heavy atom. The van der Waals surface area contributed by atoms with Crippen molar-refractivity contribution in [2.24, 2.45) is 5.10 Å². The average Bonchev–Trinajstić information content (AvgIpc) is 3.04. The van der Waals surface area contributed by atoms with E-state index in [4.69, 9.17) is 0 Å². The number of carbonyl (C=O) groups excluding carboxylic acids is 1. The standard InChI is InChI=1S/C16H12F3N3O/c17-16(18,19)13-6-2-1-5-12(13)14-7-9-22(21-14)15(23)11-4-3-8-20-10-11/h1-6,8,10H,7,9H2. The molecule has 0 saturated carbocycles. The Kier molecular flexibility index (Phi) is 3.85. The summed E-state index contributed by atoms with van der Waals surface area (Å²) in [5.41, 5.74) is -0.118. The Bertz CT molecular complexity index is 757. The van der Waals surface area contributed by atoms with Crippen LogP contribution in [0.3, 0.4) is 0 Å². The van der Waals surface area contributed by atoms with Crippen molar-refractivity contribution in [3.8, 4) is 0 Å². The van der Waals surface area contributed by atoms with Gasteiger partial charge in [0.2, 0.25) is 0 Å². The van der Waals surface area contributed by atoms with Crippen molar-refractivity contribution in [3.63, 3.8) is 0 Å². The van der Waals surface area contributed by atoms with Crippen molar-refractivity contribution in [3.05, 3.63) is 65.5 Å². The lowest BCUT2D eigenvalue weighted by atomic mass is 10.0. The minimum atomic E-state index is -4.46. The third-order valence-corrected chi connectivity index (χ3v) is 3.49. The number of nitrogens with zero attached hydrogens (tertiary/aromatic N) is 3. The van der Waals surface area contributed by atoms with E-state index in [1.807, 2.05) is 0 Å². The second kappa shape index (κ2) is 5.83.